The van der Waals surface area contributed by atoms with Crippen molar-refractivity contribution in [3.63, 3.8) is 0 Å². The predicted octanol–water partition coefficient (Wildman–Crippen LogP) is 8.05. The molecule has 0 saturated carbocycles. The molecule has 0 spiro atoms. The third kappa shape index (κ3) is 2.76. The molecule has 27 heavy (non-hydrogen) atoms. The van der Waals surface area contributed by atoms with Gasteiger partial charge in [-0.15, -0.1) is 0 Å². The van der Waals surface area contributed by atoms with Crippen LogP contribution in [0.2, 0.25) is 5.02 Å². The van der Waals surface area contributed by atoms with Gasteiger partial charge in [0, 0.05) is 5.02 Å². The van der Waals surface area contributed by atoms with Gasteiger partial charge in [-0.2, -0.15) is 0 Å². The molecule has 1 aliphatic rings. The molecule has 0 aromatic heterocycles. The molecule has 0 aliphatic heterocycles. The number of hydrogen-bond donors (Lipinski definition) is 0. The van der Waals surface area contributed by atoms with Crippen LogP contribution in [-0.2, 0) is 6.42 Å². The SMILES string of the molecule is CCCC1=Cc2c(cc(Cl)cc2-c2cc3ccccc3c3ccccc23)C1. The fraction of sp³-hybridized carbons (Fsp3) is 0.154. The van der Waals surface area contributed by atoms with E-state index in [0.29, 0.717) is 0 Å². The summed E-state index contributed by atoms with van der Waals surface area (Å²) in [5.41, 5.74) is 6.75. The van der Waals surface area contributed by atoms with E-state index in [0.717, 1.165) is 17.9 Å². The van der Waals surface area contributed by atoms with Gasteiger partial charge < -0.3 is 0 Å². The largest absolute Gasteiger partial charge is 0.0843 e. The van der Waals surface area contributed by atoms with E-state index in [-0.39, 0.29) is 0 Å². The summed E-state index contributed by atoms with van der Waals surface area (Å²) >= 11 is 6.55. The van der Waals surface area contributed by atoms with Crippen LogP contribution >= 0.6 is 11.6 Å². The minimum absolute atomic E-state index is 0.826. The van der Waals surface area contributed by atoms with E-state index in [1.165, 1.54) is 55.8 Å². The third-order valence-corrected chi connectivity index (χ3v) is 5.84. The lowest BCUT2D eigenvalue weighted by Gasteiger charge is -2.14. The summed E-state index contributed by atoms with van der Waals surface area (Å²) < 4.78 is 0. The maximum absolute atomic E-state index is 6.55. The molecule has 0 amide bonds. The van der Waals surface area contributed by atoms with Crippen molar-refractivity contribution in [3.05, 3.63) is 88.5 Å². The molecular weight excluding hydrogens is 348 g/mol. The third-order valence-electron chi connectivity index (χ3n) is 5.63. The smallest absolute Gasteiger partial charge is 0.0415 e. The molecule has 0 fully saturated rings. The van der Waals surface area contributed by atoms with Gasteiger partial charge in [-0.3, -0.25) is 0 Å². The lowest BCUT2D eigenvalue weighted by Crippen LogP contribution is -1.91. The topological polar surface area (TPSA) is 0 Å². The zero-order chi connectivity index (χ0) is 18.4. The summed E-state index contributed by atoms with van der Waals surface area (Å²) in [6, 6.07) is 24.0. The minimum Gasteiger partial charge on any atom is -0.0843 e. The summed E-state index contributed by atoms with van der Waals surface area (Å²) in [6.45, 7) is 2.24. The van der Waals surface area contributed by atoms with Gasteiger partial charge in [-0.05, 0) is 74.8 Å². The lowest BCUT2D eigenvalue weighted by molar-refractivity contribution is 0.886. The van der Waals surface area contributed by atoms with Crippen molar-refractivity contribution < 1.29 is 0 Å². The van der Waals surface area contributed by atoms with Crippen molar-refractivity contribution in [1.82, 2.24) is 0 Å². The average molecular weight is 369 g/mol. The summed E-state index contributed by atoms with van der Waals surface area (Å²) in [4.78, 5) is 0. The van der Waals surface area contributed by atoms with E-state index in [1.807, 2.05) is 0 Å². The quantitative estimate of drug-likeness (QED) is 0.321. The highest BCUT2D eigenvalue weighted by Gasteiger charge is 2.19. The molecule has 4 aromatic rings. The van der Waals surface area contributed by atoms with E-state index in [4.69, 9.17) is 11.6 Å². The second-order valence-corrected chi connectivity index (χ2v) is 7.88. The molecule has 0 bridgehead atoms. The summed E-state index contributed by atoms with van der Waals surface area (Å²) in [7, 11) is 0. The first-order valence-electron chi connectivity index (χ1n) is 9.67. The maximum Gasteiger partial charge on any atom is 0.0415 e. The molecule has 4 aromatic carbocycles. The summed E-state index contributed by atoms with van der Waals surface area (Å²) in [5, 5.41) is 5.99. The minimum atomic E-state index is 0.826. The van der Waals surface area contributed by atoms with Crippen LogP contribution in [0.5, 0.6) is 0 Å². The van der Waals surface area contributed by atoms with E-state index >= 15 is 0 Å². The zero-order valence-corrected chi connectivity index (χ0v) is 16.2. The first-order valence-corrected chi connectivity index (χ1v) is 10.0. The molecule has 1 aliphatic carbocycles. The zero-order valence-electron chi connectivity index (χ0n) is 15.4. The highest BCUT2D eigenvalue weighted by molar-refractivity contribution is 6.31. The van der Waals surface area contributed by atoms with Gasteiger partial charge in [0.25, 0.3) is 0 Å². The first kappa shape index (κ1) is 16.6. The Morgan fingerprint density at radius 3 is 2.37 bits per heavy atom. The van der Waals surface area contributed by atoms with Crippen molar-refractivity contribution in [2.45, 2.75) is 26.2 Å². The Hall–Kier alpha value is -2.57. The number of hydrogen-bond acceptors (Lipinski definition) is 0. The van der Waals surface area contributed by atoms with Gasteiger partial charge in [-0.25, -0.2) is 0 Å². The molecule has 0 unspecified atom stereocenters. The van der Waals surface area contributed by atoms with Crippen molar-refractivity contribution in [3.8, 4) is 11.1 Å². The molecule has 0 heterocycles. The van der Waals surface area contributed by atoms with Gasteiger partial charge in [-0.1, -0.05) is 85.1 Å². The van der Waals surface area contributed by atoms with Gasteiger partial charge in [0.1, 0.15) is 0 Å². The van der Waals surface area contributed by atoms with Crippen molar-refractivity contribution in [1.29, 1.82) is 0 Å². The van der Waals surface area contributed by atoms with Crippen LogP contribution in [0.4, 0.5) is 0 Å². The molecule has 0 atom stereocenters. The highest BCUT2D eigenvalue weighted by Crippen LogP contribution is 2.42. The van der Waals surface area contributed by atoms with Crippen LogP contribution in [0.15, 0.2) is 72.3 Å². The number of allylic oxidation sites excluding steroid dienone is 1. The number of rotatable bonds is 3. The van der Waals surface area contributed by atoms with Crippen molar-refractivity contribution in [2.75, 3.05) is 0 Å². The number of halogens is 1. The second-order valence-electron chi connectivity index (χ2n) is 7.45. The molecule has 132 valence electrons. The molecular formula is C26H21Cl. The first-order chi connectivity index (χ1) is 13.2. The highest BCUT2D eigenvalue weighted by atomic mass is 35.5. The van der Waals surface area contributed by atoms with Gasteiger partial charge >= 0.3 is 0 Å². The summed E-state index contributed by atoms with van der Waals surface area (Å²) in [5.74, 6) is 0. The van der Waals surface area contributed by atoms with Crippen LogP contribution in [0.3, 0.4) is 0 Å². The fourth-order valence-electron chi connectivity index (χ4n) is 4.47. The van der Waals surface area contributed by atoms with E-state index < -0.39 is 0 Å². The Balaban J connectivity index is 1.85. The van der Waals surface area contributed by atoms with Crippen LogP contribution in [-0.4, -0.2) is 0 Å². The van der Waals surface area contributed by atoms with Crippen molar-refractivity contribution in [2.24, 2.45) is 0 Å². The summed E-state index contributed by atoms with van der Waals surface area (Å²) in [6.07, 6.45) is 5.77. The maximum atomic E-state index is 6.55. The molecule has 1 heteroatoms. The molecule has 0 saturated heterocycles. The number of benzene rings is 4. The molecule has 5 rings (SSSR count). The molecule has 0 nitrogen and oxygen atoms in total. The Labute approximate surface area is 165 Å². The standard InChI is InChI=1S/C26H21Cl/c1-2-7-17-12-19-14-20(27)16-26(24(19)13-17)25-15-18-8-3-4-9-21(18)22-10-5-6-11-23(22)25/h3-6,8-11,13-16H,2,7,12H2,1H3. The molecule has 0 N–H and O–H groups in total. The van der Waals surface area contributed by atoms with Crippen LogP contribution in [0, 0.1) is 0 Å². The van der Waals surface area contributed by atoms with E-state index in [1.54, 1.807) is 0 Å². The van der Waals surface area contributed by atoms with E-state index in [2.05, 4.69) is 79.7 Å². The Morgan fingerprint density at radius 1 is 0.815 bits per heavy atom. The average Bonchev–Trinajstić information content (AvgIpc) is 3.09. The van der Waals surface area contributed by atoms with Gasteiger partial charge in [0.15, 0.2) is 0 Å². The Morgan fingerprint density at radius 2 is 1.56 bits per heavy atom. The van der Waals surface area contributed by atoms with E-state index in [9.17, 15) is 0 Å². The fourth-order valence-corrected chi connectivity index (χ4v) is 4.71. The van der Waals surface area contributed by atoms with Crippen LogP contribution in [0.1, 0.15) is 30.9 Å². The Kier molecular flexibility index (Phi) is 4.02. The van der Waals surface area contributed by atoms with Crippen LogP contribution < -0.4 is 0 Å². The lowest BCUT2D eigenvalue weighted by atomic mass is 9.90. The normalized spacial score (nSPS) is 13.2. The second kappa shape index (κ2) is 6.55. The van der Waals surface area contributed by atoms with Gasteiger partial charge in [0.05, 0.1) is 0 Å². The van der Waals surface area contributed by atoms with Crippen molar-refractivity contribution >= 4 is 39.2 Å². The monoisotopic (exact) mass is 368 g/mol. The number of fused-ring (bicyclic) bond motifs is 4. The Bertz CT molecular complexity index is 1210. The predicted molar refractivity (Wildman–Crippen MR) is 118 cm³/mol. The van der Waals surface area contributed by atoms with Gasteiger partial charge in [0.2, 0.25) is 0 Å². The molecule has 0 radical (unpaired) electrons. The van der Waals surface area contributed by atoms with Crippen LogP contribution in [0.25, 0.3) is 38.7 Å².